The van der Waals surface area contributed by atoms with Crippen molar-refractivity contribution in [1.29, 1.82) is 0 Å². The summed E-state index contributed by atoms with van der Waals surface area (Å²) in [5.41, 5.74) is 1.91. The molecule has 0 aliphatic carbocycles. The minimum Gasteiger partial charge on any atom is -0.297 e. The van der Waals surface area contributed by atoms with Crippen molar-refractivity contribution >= 4 is 5.97 Å². The van der Waals surface area contributed by atoms with Gasteiger partial charge in [-0.1, -0.05) is 67.6 Å². The summed E-state index contributed by atoms with van der Waals surface area (Å²) < 4.78 is 0. The van der Waals surface area contributed by atoms with Crippen LogP contribution in [0.25, 0.3) is 0 Å². The van der Waals surface area contributed by atoms with E-state index in [0.717, 1.165) is 17.5 Å². The average molecular weight is 270 g/mol. The fourth-order valence-electron chi connectivity index (χ4n) is 1.93. The topological polar surface area (TPSA) is 35.5 Å². The Kier molecular flexibility index (Phi) is 5.33. The summed E-state index contributed by atoms with van der Waals surface area (Å²) in [6.45, 7) is 1.99. The van der Waals surface area contributed by atoms with Crippen molar-refractivity contribution in [3.8, 4) is 0 Å². The van der Waals surface area contributed by atoms with Crippen LogP contribution < -0.4 is 0 Å². The summed E-state index contributed by atoms with van der Waals surface area (Å²) in [6.07, 6.45) is 0.727. The molecule has 1 unspecified atom stereocenters. The van der Waals surface area contributed by atoms with Gasteiger partial charge in [-0.3, -0.25) is 4.89 Å². The van der Waals surface area contributed by atoms with E-state index in [1.54, 1.807) is 0 Å². The van der Waals surface area contributed by atoms with Gasteiger partial charge in [-0.15, -0.1) is 0 Å². The maximum absolute atomic E-state index is 11.7. The van der Waals surface area contributed by atoms with Crippen molar-refractivity contribution in [2.45, 2.75) is 25.9 Å². The number of carbonyl (C=O) groups excluding carboxylic acids is 1. The van der Waals surface area contributed by atoms with Crippen LogP contribution in [0, 0.1) is 0 Å². The van der Waals surface area contributed by atoms with Crippen LogP contribution in [-0.2, 0) is 21.0 Å². The molecule has 104 valence electrons. The van der Waals surface area contributed by atoms with Gasteiger partial charge in [0, 0.05) is 0 Å². The molecular weight excluding hydrogens is 252 g/mol. The van der Waals surface area contributed by atoms with Crippen molar-refractivity contribution in [3.05, 3.63) is 71.8 Å². The van der Waals surface area contributed by atoms with E-state index in [2.05, 4.69) is 0 Å². The molecule has 0 amide bonds. The van der Waals surface area contributed by atoms with Gasteiger partial charge in [-0.2, -0.15) is 4.89 Å². The van der Waals surface area contributed by atoms with E-state index in [9.17, 15) is 4.79 Å². The lowest BCUT2D eigenvalue weighted by Crippen LogP contribution is -2.12. The molecule has 0 bridgehead atoms. The van der Waals surface area contributed by atoms with Gasteiger partial charge in [-0.05, 0) is 17.5 Å². The first-order valence-electron chi connectivity index (χ1n) is 6.74. The zero-order valence-electron chi connectivity index (χ0n) is 11.5. The van der Waals surface area contributed by atoms with Gasteiger partial charge >= 0.3 is 5.97 Å². The molecule has 0 saturated heterocycles. The number of hydrogen-bond donors (Lipinski definition) is 0. The minimum atomic E-state index is -0.384. The van der Waals surface area contributed by atoms with Crippen LogP contribution in [0.5, 0.6) is 0 Å². The van der Waals surface area contributed by atoms with Crippen LogP contribution in [0.2, 0.25) is 0 Å². The van der Waals surface area contributed by atoms with Crippen molar-refractivity contribution in [3.63, 3.8) is 0 Å². The van der Waals surface area contributed by atoms with Gasteiger partial charge in [-0.25, -0.2) is 4.79 Å². The van der Waals surface area contributed by atoms with Gasteiger partial charge < -0.3 is 0 Å². The van der Waals surface area contributed by atoms with Gasteiger partial charge in [0.1, 0.15) is 6.10 Å². The van der Waals surface area contributed by atoms with Crippen LogP contribution in [0.1, 0.15) is 30.6 Å². The molecule has 1 atom stereocenters. The molecule has 0 spiro atoms. The number of hydrogen-bond acceptors (Lipinski definition) is 3. The molecule has 0 N–H and O–H groups in total. The van der Waals surface area contributed by atoms with Crippen LogP contribution in [0.4, 0.5) is 0 Å². The second-order valence-corrected chi connectivity index (χ2v) is 4.52. The van der Waals surface area contributed by atoms with E-state index < -0.39 is 0 Å². The van der Waals surface area contributed by atoms with Crippen molar-refractivity contribution in [2.75, 3.05) is 0 Å². The molecule has 2 aromatic carbocycles. The van der Waals surface area contributed by atoms with Gasteiger partial charge in [0.15, 0.2) is 0 Å². The lowest BCUT2D eigenvalue weighted by atomic mass is 10.1. The molecule has 0 saturated carbocycles. The fourth-order valence-corrected chi connectivity index (χ4v) is 1.93. The summed E-state index contributed by atoms with van der Waals surface area (Å²) in [4.78, 5) is 21.9. The molecule has 0 aliphatic rings. The summed E-state index contributed by atoms with van der Waals surface area (Å²) in [5, 5.41) is 0. The molecule has 0 radical (unpaired) electrons. The van der Waals surface area contributed by atoms with E-state index in [1.165, 1.54) is 0 Å². The predicted molar refractivity (Wildman–Crippen MR) is 76.8 cm³/mol. The third-order valence-corrected chi connectivity index (χ3v) is 2.99. The highest BCUT2D eigenvalue weighted by molar-refractivity contribution is 5.71. The van der Waals surface area contributed by atoms with Gasteiger partial charge in [0.25, 0.3) is 0 Å². The zero-order valence-corrected chi connectivity index (χ0v) is 11.5. The SMILES string of the molecule is CCC(OOC(=O)Cc1ccccc1)c1ccccc1. The Hall–Kier alpha value is -2.13. The fraction of sp³-hybridized carbons (Fsp3) is 0.235. The second kappa shape index (κ2) is 7.46. The first-order valence-corrected chi connectivity index (χ1v) is 6.74. The lowest BCUT2D eigenvalue weighted by molar-refractivity contribution is -0.300. The van der Waals surface area contributed by atoms with E-state index in [4.69, 9.17) is 9.78 Å². The Bertz CT molecular complexity index is 522. The first-order chi connectivity index (χ1) is 9.79. The standard InChI is InChI=1S/C17H18O3/c1-2-16(15-11-7-4-8-12-15)19-20-17(18)13-14-9-5-3-6-10-14/h3-12,16H,2,13H2,1H3. The Morgan fingerprint density at radius 2 is 1.60 bits per heavy atom. The predicted octanol–water partition coefficient (Wildman–Crippen LogP) is 3.86. The lowest BCUT2D eigenvalue weighted by Gasteiger charge is -2.14. The van der Waals surface area contributed by atoms with Crippen LogP contribution in [0.3, 0.4) is 0 Å². The molecular formula is C17H18O3. The van der Waals surface area contributed by atoms with Crippen molar-refractivity contribution in [2.24, 2.45) is 0 Å². The molecule has 2 aromatic rings. The van der Waals surface area contributed by atoms with Crippen LogP contribution in [0.15, 0.2) is 60.7 Å². The number of rotatable bonds is 6. The molecule has 2 rings (SSSR count). The average Bonchev–Trinajstić information content (AvgIpc) is 2.50. The quantitative estimate of drug-likeness (QED) is 0.590. The van der Waals surface area contributed by atoms with E-state index in [1.807, 2.05) is 67.6 Å². The number of carbonyl (C=O) groups is 1. The Balaban J connectivity index is 1.86. The molecule has 0 fully saturated rings. The van der Waals surface area contributed by atoms with E-state index in [0.29, 0.717) is 0 Å². The van der Waals surface area contributed by atoms with E-state index in [-0.39, 0.29) is 18.5 Å². The zero-order chi connectivity index (χ0) is 14.2. The molecule has 0 aromatic heterocycles. The number of benzene rings is 2. The maximum atomic E-state index is 11.7. The monoisotopic (exact) mass is 270 g/mol. The highest BCUT2D eigenvalue weighted by Crippen LogP contribution is 2.20. The Morgan fingerprint density at radius 1 is 1.00 bits per heavy atom. The third kappa shape index (κ3) is 4.21. The largest absolute Gasteiger partial charge is 0.346 e. The third-order valence-electron chi connectivity index (χ3n) is 2.99. The minimum absolute atomic E-state index is 0.214. The second-order valence-electron chi connectivity index (χ2n) is 4.52. The summed E-state index contributed by atoms with van der Waals surface area (Å²) in [7, 11) is 0. The normalized spacial score (nSPS) is 11.8. The van der Waals surface area contributed by atoms with Gasteiger partial charge in [0.2, 0.25) is 0 Å². The molecule has 3 heteroatoms. The molecule has 3 nitrogen and oxygen atoms in total. The van der Waals surface area contributed by atoms with Crippen LogP contribution >= 0.6 is 0 Å². The molecule has 20 heavy (non-hydrogen) atoms. The highest BCUT2D eigenvalue weighted by atomic mass is 17.2. The van der Waals surface area contributed by atoms with E-state index >= 15 is 0 Å². The summed E-state index contributed by atoms with van der Waals surface area (Å²) >= 11 is 0. The first kappa shape index (κ1) is 14.3. The van der Waals surface area contributed by atoms with Crippen LogP contribution in [-0.4, -0.2) is 5.97 Å². The van der Waals surface area contributed by atoms with Crippen molar-refractivity contribution < 1.29 is 14.6 Å². The van der Waals surface area contributed by atoms with Crippen molar-refractivity contribution in [1.82, 2.24) is 0 Å². The smallest absolute Gasteiger partial charge is 0.297 e. The molecule has 0 heterocycles. The Labute approximate surface area is 119 Å². The maximum Gasteiger partial charge on any atom is 0.346 e. The Morgan fingerprint density at radius 3 is 2.20 bits per heavy atom. The molecule has 0 aliphatic heterocycles. The highest BCUT2D eigenvalue weighted by Gasteiger charge is 2.14. The van der Waals surface area contributed by atoms with Gasteiger partial charge in [0.05, 0.1) is 6.42 Å². The summed E-state index contributed by atoms with van der Waals surface area (Å²) in [5.74, 6) is -0.384. The summed E-state index contributed by atoms with van der Waals surface area (Å²) in [6, 6.07) is 19.2.